The molecule has 2 N–H and O–H groups in total. The molecule has 0 amide bonds. The lowest BCUT2D eigenvalue weighted by atomic mass is 10.2. The summed E-state index contributed by atoms with van der Waals surface area (Å²) in [5.74, 6) is 0.705. The van der Waals surface area contributed by atoms with E-state index in [1.165, 1.54) is 0 Å². The first-order chi connectivity index (χ1) is 10.1. The highest BCUT2D eigenvalue weighted by molar-refractivity contribution is 9.10. The van der Waals surface area contributed by atoms with Crippen LogP contribution in [0.1, 0.15) is 19.4 Å². The van der Waals surface area contributed by atoms with Crippen LogP contribution < -0.4 is 15.4 Å². The Morgan fingerprint density at radius 1 is 1.10 bits per heavy atom. The molecule has 7 heteroatoms. The number of aromatic nitrogens is 3. The van der Waals surface area contributed by atoms with Crippen molar-refractivity contribution in [2.45, 2.75) is 20.5 Å². The Morgan fingerprint density at radius 2 is 1.76 bits per heavy atom. The Bertz CT molecular complexity index is 586. The summed E-state index contributed by atoms with van der Waals surface area (Å²) in [6.07, 6.45) is 0. The zero-order chi connectivity index (χ0) is 15.2. The Kier molecular flexibility index (Phi) is 5.32. The Hall–Kier alpha value is -1.89. The number of nitrogen functional groups attached to an aromatic ring is 1. The van der Waals surface area contributed by atoms with Crippen LogP contribution in [-0.2, 0) is 6.61 Å². The predicted molar refractivity (Wildman–Crippen MR) is 86.3 cm³/mol. The van der Waals surface area contributed by atoms with Gasteiger partial charge in [-0.05, 0) is 31.5 Å². The van der Waals surface area contributed by atoms with Gasteiger partial charge in [-0.1, -0.05) is 28.1 Å². The van der Waals surface area contributed by atoms with E-state index >= 15 is 0 Å². The molecule has 1 aromatic carbocycles. The molecule has 0 aliphatic rings. The molecule has 0 aliphatic carbocycles. The minimum absolute atomic E-state index is 0.165. The van der Waals surface area contributed by atoms with Crippen molar-refractivity contribution in [2.24, 2.45) is 0 Å². The van der Waals surface area contributed by atoms with E-state index in [4.69, 9.17) is 10.5 Å². The van der Waals surface area contributed by atoms with Crippen LogP contribution in [0.25, 0.3) is 0 Å². The highest BCUT2D eigenvalue weighted by Crippen LogP contribution is 2.15. The lowest BCUT2D eigenvalue weighted by Gasteiger charge is -2.18. The van der Waals surface area contributed by atoms with Crippen LogP contribution in [0.3, 0.4) is 0 Å². The van der Waals surface area contributed by atoms with Gasteiger partial charge in [-0.25, -0.2) is 0 Å². The molecule has 2 rings (SSSR count). The fourth-order valence-corrected chi connectivity index (χ4v) is 2.07. The van der Waals surface area contributed by atoms with Crippen LogP contribution in [0.4, 0.5) is 11.9 Å². The van der Waals surface area contributed by atoms with Crippen LogP contribution in [0, 0.1) is 0 Å². The molecule has 21 heavy (non-hydrogen) atoms. The number of nitrogens with two attached hydrogens (primary N) is 1. The van der Waals surface area contributed by atoms with Crippen LogP contribution in [0.2, 0.25) is 0 Å². The molecule has 112 valence electrons. The maximum Gasteiger partial charge on any atom is 0.323 e. The molecule has 0 saturated heterocycles. The third kappa shape index (κ3) is 4.29. The lowest BCUT2D eigenvalue weighted by Crippen LogP contribution is -2.25. The molecule has 6 nitrogen and oxygen atoms in total. The summed E-state index contributed by atoms with van der Waals surface area (Å²) >= 11 is 3.40. The Labute approximate surface area is 132 Å². The van der Waals surface area contributed by atoms with Crippen molar-refractivity contribution in [1.29, 1.82) is 0 Å². The first kappa shape index (κ1) is 15.5. The highest BCUT2D eigenvalue weighted by atomic mass is 79.9. The summed E-state index contributed by atoms with van der Waals surface area (Å²) in [6, 6.07) is 8.11. The fourth-order valence-electron chi connectivity index (χ4n) is 1.80. The van der Waals surface area contributed by atoms with E-state index in [2.05, 4.69) is 30.9 Å². The van der Waals surface area contributed by atoms with Crippen molar-refractivity contribution in [3.05, 3.63) is 34.3 Å². The summed E-state index contributed by atoms with van der Waals surface area (Å²) in [5.41, 5.74) is 6.75. The number of anilines is 2. The quantitative estimate of drug-likeness (QED) is 0.861. The van der Waals surface area contributed by atoms with Gasteiger partial charge in [-0.3, -0.25) is 0 Å². The zero-order valence-corrected chi connectivity index (χ0v) is 13.7. The average Bonchev–Trinajstić information content (AvgIpc) is 2.47. The standard InChI is InChI=1S/C14H18BrN5O/c1-3-20(4-2)13-17-12(16)18-14(19-13)21-9-10-5-7-11(15)8-6-10/h5-8H,3-4,9H2,1-2H3,(H2,16,17,18,19). The van der Waals surface area contributed by atoms with Crippen LogP contribution >= 0.6 is 15.9 Å². The number of hydrogen-bond donors (Lipinski definition) is 1. The molecule has 1 heterocycles. The number of hydrogen-bond acceptors (Lipinski definition) is 6. The monoisotopic (exact) mass is 351 g/mol. The van der Waals surface area contributed by atoms with Crippen LogP contribution in [0.15, 0.2) is 28.7 Å². The normalized spacial score (nSPS) is 10.4. The van der Waals surface area contributed by atoms with Gasteiger partial charge in [0.1, 0.15) is 6.61 Å². The first-order valence-corrected chi connectivity index (χ1v) is 7.55. The van der Waals surface area contributed by atoms with E-state index in [1.807, 2.05) is 43.0 Å². The number of rotatable bonds is 6. The lowest BCUT2D eigenvalue weighted by molar-refractivity contribution is 0.280. The van der Waals surface area contributed by atoms with Crippen molar-refractivity contribution in [3.8, 4) is 6.01 Å². The molecule has 0 spiro atoms. The van der Waals surface area contributed by atoms with Crippen molar-refractivity contribution in [3.63, 3.8) is 0 Å². The summed E-state index contributed by atoms with van der Waals surface area (Å²) in [7, 11) is 0. The number of ether oxygens (including phenoxy) is 1. The van der Waals surface area contributed by atoms with Gasteiger partial charge in [0.15, 0.2) is 0 Å². The predicted octanol–water partition coefficient (Wildman–Crippen LogP) is 2.64. The minimum atomic E-state index is 0.165. The van der Waals surface area contributed by atoms with E-state index in [1.54, 1.807) is 0 Å². The molecule has 0 fully saturated rings. The number of nitrogens with zero attached hydrogens (tertiary/aromatic N) is 4. The van der Waals surface area contributed by atoms with Crippen LogP contribution in [-0.4, -0.2) is 28.0 Å². The van der Waals surface area contributed by atoms with E-state index in [9.17, 15) is 0 Å². The Balaban J connectivity index is 2.10. The van der Waals surface area contributed by atoms with Crippen molar-refractivity contribution in [2.75, 3.05) is 23.7 Å². The van der Waals surface area contributed by atoms with E-state index in [-0.39, 0.29) is 12.0 Å². The molecule has 1 aromatic heterocycles. The molecule has 0 saturated carbocycles. The minimum Gasteiger partial charge on any atom is -0.458 e. The summed E-state index contributed by atoms with van der Waals surface area (Å²) < 4.78 is 6.64. The first-order valence-electron chi connectivity index (χ1n) is 6.76. The highest BCUT2D eigenvalue weighted by Gasteiger charge is 2.10. The largest absolute Gasteiger partial charge is 0.458 e. The molecule has 0 unspecified atom stereocenters. The van der Waals surface area contributed by atoms with Gasteiger partial charge < -0.3 is 15.4 Å². The topological polar surface area (TPSA) is 77.2 Å². The molecule has 0 radical (unpaired) electrons. The number of halogens is 1. The molecular weight excluding hydrogens is 334 g/mol. The maximum atomic E-state index is 5.72. The van der Waals surface area contributed by atoms with E-state index in [0.717, 1.165) is 23.1 Å². The van der Waals surface area contributed by atoms with Gasteiger partial charge in [0.25, 0.3) is 0 Å². The van der Waals surface area contributed by atoms with Gasteiger partial charge in [0.05, 0.1) is 0 Å². The zero-order valence-electron chi connectivity index (χ0n) is 12.1. The van der Waals surface area contributed by atoms with Gasteiger partial charge in [0, 0.05) is 17.6 Å². The molecule has 0 bridgehead atoms. The fraction of sp³-hybridized carbons (Fsp3) is 0.357. The molecular formula is C14H18BrN5O. The third-order valence-corrected chi connectivity index (χ3v) is 3.48. The molecule has 0 atom stereocenters. The van der Waals surface area contributed by atoms with Crippen molar-refractivity contribution >= 4 is 27.8 Å². The molecule has 2 aromatic rings. The summed E-state index contributed by atoms with van der Waals surface area (Å²) in [5, 5.41) is 0. The SMILES string of the molecule is CCN(CC)c1nc(N)nc(OCc2ccc(Br)cc2)n1. The third-order valence-electron chi connectivity index (χ3n) is 2.95. The van der Waals surface area contributed by atoms with Crippen LogP contribution in [0.5, 0.6) is 6.01 Å². The second-order valence-electron chi connectivity index (χ2n) is 4.36. The second kappa shape index (κ2) is 7.21. The summed E-state index contributed by atoms with van der Waals surface area (Å²) in [4.78, 5) is 14.4. The smallest absolute Gasteiger partial charge is 0.323 e. The molecule has 0 aliphatic heterocycles. The number of benzene rings is 1. The van der Waals surface area contributed by atoms with Gasteiger partial charge >= 0.3 is 6.01 Å². The van der Waals surface area contributed by atoms with Gasteiger partial charge in [-0.15, -0.1) is 0 Å². The maximum absolute atomic E-state index is 5.72. The van der Waals surface area contributed by atoms with E-state index in [0.29, 0.717) is 12.6 Å². The van der Waals surface area contributed by atoms with Gasteiger partial charge in [-0.2, -0.15) is 15.0 Å². The second-order valence-corrected chi connectivity index (χ2v) is 5.28. The average molecular weight is 352 g/mol. The summed E-state index contributed by atoms with van der Waals surface area (Å²) in [6.45, 7) is 6.05. The Morgan fingerprint density at radius 3 is 2.38 bits per heavy atom. The van der Waals surface area contributed by atoms with E-state index < -0.39 is 0 Å². The van der Waals surface area contributed by atoms with Crippen molar-refractivity contribution in [1.82, 2.24) is 15.0 Å². The van der Waals surface area contributed by atoms with Gasteiger partial charge in [0.2, 0.25) is 11.9 Å². The van der Waals surface area contributed by atoms with Crippen molar-refractivity contribution < 1.29 is 4.74 Å².